The number of nitrogen functional groups attached to an aromatic ring is 1. The predicted octanol–water partition coefficient (Wildman–Crippen LogP) is 4.10. The summed E-state index contributed by atoms with van der Waals surface area (Å²) in [6, 6.07) is 13.8. The van der Waals surface area contributed by atoms with E-state index in [9.17, 15) is 0 Å². The minimum Gasteiger partial charge on any atom is -0.486 e. The summed E-state index contributed by atoms with van der Waals surface area (Å²) in [5.74, 6) is 0.877. The second kappa shape index (κ2) is 5.86. The molecular weight excluding hydrogens is 284 g/mol. The Kier molecular flexibility index (Phi) is 3.93. The molecule has 1 aliphatic rings. The second-order valence-corrected chi connectivity index (χ2v) is 5.79. The molecule has 0 spiro atoms. The van der Waals surface area contributed by atoms with Gasteiger partial charge < -0.3 is 15.4 Å². The number of nitrogens with zero attached hydrogens (tertiary/aromatic N) is 1. The van der Waals surface area contributed by atoms with Gasteiger partial charge in [0.15, 0.2) is 0 Å². The van der Waals surface area contributed by atoms with Crippen LogP contribution in [0.1, 0.15) is 18.9 Å². The van der Waals surface area contributed by atoms with E-state index in [0.29, 0.717) is 0 Å². The van der Waals surface area contributed by atoms with Crippen LogP contribution in [0, 0.1) is 0 Å². The topological polar surface area (TPSA) is 38.5 Å². The molecule has 3 nitrogen and oxygen atoms in total. The van der Waals surface area contributed by atoms with Crippen LogP contribution in [-0.2, 0) is 6.54 Å². The van der Waals surface area contributed by atoms with Gasteiger partial charge in [-0.3, -0.25) is 0 Å². The van der Waals surface area contributed by atoms with Gasteiger partial charge in [0, 0.05) is 11.6 Å². The Hall–Kier alpha value is -1.87. The van der Waals surface area contributed by atoms with Gasteiger partial charge in [-0.1, -0.05) is 36.7 Å². The Bertz CT molecular complexity index is 627. The minimum absolute atomic E-state index is 0.201. The number of rotatable bonds is 3. The summed E-state index contributed by atoms with van der Waals surface area (Å²) in [5, 5.41) is 0.757. The smallest absolute Gasteiger partial charge is 0.145 e. The lowest BCUT2D eigenvalue weighted by Gasteiger charge is -2.37. The van der Waals surface area contributed by atoms with E-state index in [1.165, 1.54) is 5.56 Å². The molecule has 0 aliphatic carbocycles. The lowest BCUT2D eigenvalue weighted by atomic mass is 10.1. The van der Waals surface area contributed by atoms with Crippen LogP contribution in [0.2, 0.25) is 5.02 Å². The zero-order valence-corrected chi connectivity index (χ0v) is 12.8. The lowest BCUT2D eigenvalue weighted by Crippen LogP contribution is -2.39. The van der Waals surface area contributed by atoms with E-state index in [0.717, 1.165) is 41.7 Å². The number of benzene rings is 2. The van der Waals surface area contributed by atoms with Crippen molar-refractivity contribution in [3.63, 3.8) is 0 Å². The maximum absolute atomic E-state index is 6.15. The third kappa shape index (κ3) is 2.93. The summed E-state index contributed by atoms with van der Waals surface area (Å²) in [5.41, 5.74) is 9.12. The fourth-order valence-electron chi connectivity index (χ4n) is 2.69. The zero-order chi connectivity index (χ0) is 14.8. The Morgan fingerprint density at radius 2 is 2.00 bits per heavy atom. The number of halogens is 1. The van der Waals surface area contributed by atoms with Crippen molar-refractivity contribution < 1.29 is 4.74 Å². The Labute approximate surface area is 130 Å². The molecule has 0 aromatic heterocycles. The van der Waals surface area contributed by atoms with Gasteiger partial charge in [-0.2, -0.15) is 0 Å². The van der Waals surface area contributed by atoms with Crippen LogP contribution < -0.4 is 15.4 Å². The molecule has 0 amide bonds. The molecule has 2 N–H and O–H groups in total. The highest BCUT2D eigenvalue weighted by molar-refractivity contribution is 6.30. The molecule has 2 aromatic rings. The van der Waals surface area contributed by atoms with E-state index in [2.05, 4.69) is 24.0 Å². The summed E-state index contributed by atoms with van der Waals surface area (Å²) in [6.45, 7) is 3.79. The normalized spacial score (nSPS) is 17.2. The molecule has 0 saturated carbocycles. The highest BCUT2D eigenvalue weighted by Crippen LogP contribution is 2.39. The van der Waals surface area contributed by atoms with Crippen LogP contribution in [0.3, 0.4) is 0 Å². The van der Waals surface area contributed by atoms with Crippen molar-refractivity contribution in [1.29, 1.82) is 0 Å². The van der Waals surface area contributed by atoms with E-state index >= 15 is 0 Å². The number of para-hydroxylation sites is 1. The highest BCUT2D eigenvalue weighted by Gasteiger charge is 2.26. The molecule has 1 aliphatic heterocycles. The number of fused-ring (bicyclic) bond motifs is 1. The molecule has 0 radical (unpaired) electrons. The average Bonchev–Trinajstić information content (AvgIpc) is 2.49. The van der Waals surface area contributed by atoms with E-state index in [1.807, 2.05) is 30.3 Å². The number of ether oxygens (including phenoxy) is 1. The van der Waals surface area contributed by atoms with Gasteiger partial charge in [-0.15, -0.1) is 0 Å². The third-order valence-electron chi connectivity index (χ3n) is 3.81. The first-order valence-electron chi connectivity index (χ1n) is 7.22. The first kappa shape index (κ1) is 14.1. The predicted molar refractivity (Wildman–Crippen MR) is 88.1 cm³/mol. The van der Waals surface area contributed by atoms with Crippen LogP contribution in [0.5, 0.6) is 5.75 Å². The van der Waals surface area contributed by atoms with Crippen molar-refractivity contribution in [3.8, 4) is 5.75 Å². The number of nitrogens with two attached hydrogens (primary N) is 1. The molecule has 0 saturated heterocycles. The largest absolute Gasteiger partial charge is 0.486 e. The molecule has 1 atom stereocenters. The molecule has 1 unspecified atom stereocenters. The van der Waals surface area contributed by atoms with Gasteiger partial charge in [0.05, 0.1) is 12.2 Å². The lowest BCUT2D eigenvalue weighted by molar-refractivity contribution is 0.189. The monoisotopic (exact) mass is 302 g/mol. The van der Waals surface area contributed by atoms with Gasteiger partial charge in [0.2, 0.25) is 0 Å². The Balaban J connectivity index is 1.92. The molecule has 0 fully saturated rings. The van der Waals surface area contributed by atoms with Crippen molar-refractivity contribution in [1.82, 2.24) is 0 Å². The fourth-order valence-corrected chi connectivity index (χ4v) is 2.82. The minimum atomic E-state index is 0.201. The molecular formula is C17H19ClN2O. The fraction of sp³-hybridized carbons (Fsp3) is 0.294. The van der Waals surface area contributed by atoms with Gasteiger partial charge in [0.1, 0.15) is 17.5 Å². The van der Waals surface area contributed by atoms with Gasteiger partial charge in [0.25, 0.3) is 0 Å². The van der Waals surface area contributed by atoms with Crippen molar-refractivity contribution in [2.45, 2.75) is 26.0 Å². The van der Waals surface area contributed by atoms with E-state index < -0.39 is 0 Å². The first-order valence-corrected chi connectivity index (χ1v) is 7.59. The van der Waals surface area contributed by atoms with Crippen LogP contribution in [0.25, 0.3) is 0 Å². The van der Waals surface area contributed by atoms with Gasteiger partial charge >= 0.3 is 0 Å². The van der Waals surface area contributed by atoms with Gasteiger partial charge in [-0.05, 0) is 36.2 Å². The third-order valence-corrected chi connectivity index (χ3v) is 4.06. The summed E-state index contributed by atoms with van der Waals surface area (Å²) >= 11 is 5.95. The number of hydrogen-bond acceptors (Lipinski definition) is 3. The Morgan fingerprint density at radius 3 is 2.71 bits per heavy atom. The van der Waals surface area contributed by atoms with Crippen molar-refractivity contribution in [2.24, 2.45) is 0 Å². The summed E-state index contributed by atoms with van der Waals surface area (Å²) < 4.78 is 6.01. The van der Waals surface area contributed by atoms with E-state index in [4.69, 9.17) is 22.1 Å². The molecule has 3 rings (SSSR count). The van der Waals surface area contributed by atoms with Crippen molar-refractivity contribution in [3.05, 3.63) is 53.1 Å². The zero-order valence-electron chi connectivity index (χ0n) is 12.1. The van der Waals surface area contributed by atoms with Crippen LogP contribution in [0.15, 0.2) is 42.5 Å². The van der Waals surface area contributed by atoms with Crippen molar-refractivity contribution >= 4 is 23.0 Å². The average molecular weight is 303 g/mol. The molecule has 21 heavy (non-hydrogen) atoms. The first-order chi connectivity index (χ1) is 10.2. The standard InChI is InChI=1S/C17H19ClN2O/c1-2-14-11-20(10-12-6-8-13(18)9-7-12)17-15(19)4-3-5-16(17)21-14/h3-9,14H,2,10-11,19H2,1H3. The number of anilines is 2. The summed E-state index contributed by atoms with van der Waals surface area (Å²) in [7, 11) is 0. The quantitative estimate of drug-likeness (QED) is 0.868. The SMILES string of the molecule is CCC1CN(Cc2ccc(Cl)cc2)c2c(N)cccc2O1. The number of hydrogen-bond donors (Lipinski definition) is 1. The molecule has 0 bridgehead atoms. The molecule has 1 heterocycles. The van der Waals surface area contributed by atoms with Gasteiger partial charge in [-0.25, -0.2) is 0 Å². The summed E-state index contributed by atoms with van der Waals surface area (Å²) in [4.78, 5) is 2.30. The highest BCUT2D eigenvalue weighted by atomic mass is 35.5. The van der Waals surface area contributed by atoms with Crippen LogP contribution in [-0.4, -0.2) is 12.6 Å². The van der Waals surface area contributed by atoms with Crippen LogP contribution >= 0.6 is 11.6 Å². The Morgan fingerprint density at radius 1 is 1.24 bits per heavy atom. The van der Waals surface area contributed by atoms with E-state index in [1.54, 1.807) is 0 Å². The molecule has 110 valence electrons. The van der Waals surface area contributed by atoms with Crippen molar-refractivity contribution in [2.75, 3.05) is 17.2 Å². The second-order valence-electron chi connectivity index (χ2n) is 5.35. The maximum atomic E-state index is 6.15. The maximum Gasteiger partial charge on any atom is 0.145 e. The van der Waals surface area contributed by atoms with Crippen LogP contribution in [0.4, 0.5) is 11.4 Å². The van der Waals surface area contributed by atoms with E-state index in [-0.39, 0.29) is 6.10 Å². The summed E-state index contributed by atoms with van der Waals surface area (Å²) in [6.07, 6.45) is 1.18. The molecule has 2 aromatic carbocycles. The molecule has 4 heteroatoms.